The van der Waals surface area contributed by atoms with Gasteiger partial charge in [0.2, 0.25) is 5.91 Å². The highest BCUT2D eigenvalue weighted by molar-refractivity contribution is 7.17. The molecule has 1 atom stereocenters. The number of nitriles is 1. The fourth-order valence-corrected chi connectivity index (χ4v) is 4.40. The number of benzene rings is 2. The van der Waals surface area contributed by atoms with Crippen molar-refractivity contribution in [1.82, 2.24) is 10.2 Å². The van der Waals surface area contributed by atoms with Gasteiger partial charge in [0.15, 0.2) is 5.96 Å². The lowest BCUT2D eigenvalue weighted by molar-refractivity contribution is -0.129. The van der Waals surface area contributed by atoms with Crippen LogP contribution < -0.4 is 5.32 Å². The van der Waals surface area contributed by atoms with Gasteiger partial charge in [-0.15, -0.1) is 11.3 Å². The van der Waals surface area contributed by atoms with Gasteiger partial charge in [0, 0.05) is 11.7 Å². The number of rotatable bonds is 2. The van der Waals surface area contributed by atoms with Crippen LogP contribution in [0.25, 0.3) is 21.2 Å². The highest BCUT2D eigenvalue weighted by Crippen LogP contribution is 2.39. The molecule has 27 heavy (non-hydrogen) atoms. The van der Waals surface area contributed by atoms with E-state index in [9.17, 15) is 10.1 Å². The maximum atomic E-state index is 12.4. The van der Waals surface area contributed by atoms with Crippen LogP contribution in [0.15, 0.2) is 47.8 Å². The number of amides is 1. The van der Waals surface area contributed by atoms with Gasteiger partial charge in [-0.25, -0.2) is 0 Å². The van der Waals surface area contributed by atoms with E-state index in [4.69, 9.17) is 5.41 Å². The van der Waals surface area contributed by atoms with Crippen molar-refractivity contribution < 1.29 is 4.79 Å². The molecule has 2 N–H and O–H groups in total. The topological polar surface area (TPSA) is 80.0 Å². The van der Waals surface area contributed by atoms with Crippen LogP contribution in [0.3, 0.4) is 0 Å². The molecule has 0 aliphatic carbocycles. The van der Waals surface area contributed by atoms with Crippen molar-refractivity contribution in [2.75, 3.05) is 7.05 Å². The molecular formula is C21H18N4OS. The van der Waals surface area contributed by atoms with E-state index in [-0.39, 0.29) is 18.3 Å². The maximum absolute atomic E-state index is 12.4. The zero-order valence-electron chi connectivity index (χ0n) is 15.0. The van der Waals surface area contributed by atoms with Crippen LogP contribution in [-0.4, -0.2) is 23.8 Å². The van der Waals surface area contributed by atoms with Crippen molar-refractivity contribution in [3.8, 4) is 17.2 Å². The van der Waals surface area contributed by atoms with Crippen molar-refractivity contribution in [3.63, 3.8) is 0 Å². The Kier molecular flexibility index (Phi) is 3.97. The molecule has 0 saturated carbocycles. The third kappa shape index (κ3) is 2.86. The summed E-state index contributed by atoms with van der Waals surface area (Å²) in [6.45, 7) is 1.95. The Morgan fingerprint density at radius 3 is 2.85 bits per heavy atom. The van der Waals surface area contributed by atoms with Crippen LogP contribution in [0.1, 0.15) is 24.5 Å². The van der Waals surface area contributed by atoms with E-state index in [0.717, 1.165) is 26.8 Å². The van der Waals surface area contributed by atoms with Crippen molar-refractivity contribution in [1.29, 1.82) is 10.7 Å². The molecule has 0 spiro atoms. The highest BCUT2D eigenvalue weighted by atomic mass is 32.1. The zero-order valence-corrected chi connectivity index (χ0v) is 15.9. The molecule has 2 aromatic carbocycles. The number of guanidine groups is 1. The summed E-state index contributed by atoms with van der Waals surface area (Å²) in [5.41, 5.74) is 2.93. The Morgan fingerprint density at radius 2 is 2.11 bits per heavy atom. The van der Waals surface area contributed by atoms with Gasteiger partial charge >= 0.3 is 0 Å². The molecule has 5 nitrogen and oxygen atoms in total. The molecule has 1 aliphatic rings. The van der Waals surface area contributed by atoms with E-state index in [0.29, 0.717) is 5.56 Å². The molecule has 3 aromatic rings. The normalized spacial score (nSPS) is 19.8. The molecule has 6 heteroatoms. The average Bonchev–Trinajstić information content (AvgIpc) is 3.14. The minimum atomic E-state index is -0.654. The lowest BCUT2D eigenvalue weighted by Crippen LogP contribution is -2.58. The molecule has 4 rings (SSSR count). The van der Waals surface area contributed by atoms with Gasteiger partial charge in [0.1, 0.15) is 0 Å². The number of carbonyl (C=O) groups excluding carboxylic acids is 1. The summed E-state index contributed by atoms with van der Waals surface area (Å²) in [4.78, 5) is 13.7. The van der Waals surface area contributed by atoms with Crippen molar-refractivity contribution in [2.24, 2.45) is 0 Å². The van der Waals surface area contributed by atoms with Crippen LogP contribution in [0.4, 0.5) is 0 Å². The third-order valence-electron chi connectivity index (χ3n) is 5.10. The predicted molar refractivity (Wildman–Crippen MR) is 108 cm³/mol. The van der Waals surface area contributed by atoms with Crippen LogP contribution in [-0.2, 0) is 10.3 Å². The summed E-state index contributed by atoms with van der Waals surface area (Å²) < 4.78 is 1.15. The Hall–Kier alpha value is -3.17. The molecule has 1 fully saturated rings. The van der Waals surface area contributed by atoms with Gasteiger partial charge in [-0.2, -0.15) is 5.26 Å². The summed E-state index contributed by atoms with van der Waals surface area (Å²) in [6.07, 6.45) is 0.277. The number of hydrogen-bond acceptors (Lipinski definition) is 4. The zero-order chi connectivity index (χ0) is 19.2. The van der Waals surface area contributed by atoms with E-state index in [2.05, 4.69) is 29.6 Å². The first-order chi connectivity index (χ1) is 12.9. The lowest BCUT2D eigenvalue weighted by Gasteiger charge is -2.39. The monoisotopic (exact) mass is 374 g/mol. The van der Waals surface area contributed by atoms with Gasteiger partial charge in [0.05, 0.1) is 23.6 Å². The predicted octanol–water partition coefficient (Wildman–Crippen LogP) is 4.04. The number of fused-ring (bicyclic) bond motifs is 1. The van der Waals surface area contributed by atoms with E-state index in [1.807, 2.05) is 30.5 Å². The number of thiophene rings is 1. The summed E-state index contributed by atoms with van der Waals surface area (Å²) in [6, 6.07) is 16.0. The second kappa shape index (κ2) is 6.22. The summed E-state index contributed by atoms with van der Waals surface area (Å²) in [5, 5.41) is 23.7. The number of nitrogens with one attached hydrogen (secondary N) is 2. The number of carbonyl (C=O) groups is 1. The Bertz CT molecular complexity index is 1110. The quantitative estimate of drug-likeness (QED) is 0.710. The Labute approximate surface area is 161 Å². The molecule has 0 radical (unpaired) electrons. The van der Waals surface area contributed by atoms with E-state index in [1.54, 1.807) is 24.5 Å². The first-order valence-electron chi connectivity index (χ1n) is 8.57. The molecule has 1 saturated heterocycles. The van der Waals surface area contributed by atoms with Gasteiger partial charge in [0.25, 0.3) is 0 Å². The summed E-state index contributed by atoms with van der Waals surface area (Å²) >= 11 is 1.66. The number of nitrogens with zero attached hydrogens (tertiary/aromatic N) is 2. The minimum absolute atomic E-state index is 0.0836. The molecule has 2 heterocycles. The molecule has 1 aromatic heterocycles. The number of hydrogen-bond donors (Lipinski definition) is 2. The largest absolute Gasteiger partial charge is 0.346 e. The van der Waals surface area contributed by atoms with Crippen molar-refractivity contribution in [2.45, 2.75) is 18.9 Å². The molecule has 134 valence electrons. The molecular weight excluding hydrogens is 356 g/mol. The van der Waals surface area contributed by atoms with Crippen LogP contribution in [0.5, 0.6) is 0 Å². The Morgan fingerprint density at radius 1 is 1.30 bits per heavy atom. The first-order valence-corrected chi connectivity index (χ1v) is 9.45. The second-order valence-electron chi connectivity index (χ2n) is 6.99. The van der Waals surface area contributed by atoms with Gasteiger partial charge < -0.3 is 5.32 Å². The van der Waals surface area contributed by atoms with E-state index >= 15 is 0 Å². The Balaban J connectivity index is 1.90. The molecule has 0 unspecified atom stereocenters. The fraction of sp³-hybridized carbons (Fsp3) is 0.190. The highest BCUT2D eigenvalue weighted by Gasteiger charge is 2.38. The van der Waals surface area contributed by atoms with E-state index in [1.165, 1.54) is 4.90 Å². The average molecular weight is 374 g/mol. The lowest BCUT2D eigenvalue weighted by atomic mass is 9.84. The molecule has 1 amide bonds. The van der Waals surface area contributed by atoms with E-state index < -0.39 is 5.54 Å². The minimum Gasteiger partial charge on any atom is -0.346 e. The third-order valence-corrected chi connectivity index (χ3v) is 6.06. The second-order valence-corrected chi connectivity index (χ2v) is 7.91. The van der Waals surface area contributed by atoms with Crippen LogP contribution >= 0.6 is 11.3 Å². The van der Waals surface area contributed by atoms with Gasteiger partial charge in [-0.3, -0.25) is 15.1 Å². The summed E-state index contributed by atoms with van der Waals surface area (Å²) in [5.74, 6) is 0.0203. The SMILES string of the molecule is CN1C(=N)N[C@](C)(c2cc(-c3cccc(C#N)c3)c3sccc3c2)CC1=O. The van der Waals surface area contributed by atoms with Crippen molar-refractivity contribution in [3.05, 3.63) is 59.0 Å². The van der Waals surface area contributed by atoms with Gasteiger partial charge in [-0.05, 0) is 64.7 Å². The molecule has 0 bridgehead atoms. The van der Waals surface area contributed by atoms with Crippen molar-refractivity contribution >= 4 is 33.3 Å². The van der Waals surface area contributed by atoms with Crippen LogP contribution in [0, 0.1) is 16.7 Å². The summed E-state index contributed by atoms with van der Waals surface area (Å²) in [7, 11) is 1.61. The maximum Gasteiger partial charge on any atom is 0.231 e. The standard InChI is InChI=1S/C21H18N4OS/c1-21(11-18(26)25(2)20(23)24-21)16-9-15-6-7-27-19(15)17(10-16)14-5-3-4-13(8-14)12-22/h3-10H,11H2,1-2H3,(H2,23,24)/t21-/m0/s1. The smallest absolute Gasteiger partial charge is 0.231 e. The fourth-order valence-electron chi connectivity index (χ4n) is 3.48. The van der Waals surface area contributed by atoms with Gasteiger partial charge in [-0.1, -0.05) is 12.1 Å². The van der Waals surface area contributed by atoms with Crippen LogP contribution in [0.2, 0.25) is 0 Å². The first kappa shape index (κ1) is 17.3. The molecule has 1 aliphatic heterocycles.